The van der Waals surface area contributed by atoms with Gasteiger partial charge in [0.15, 0.2) is 5.69 Å². The Morgan fingerprint density at radius 1 is 0.842 bits per heavy atom. The summed E-state index contributed by atoms with van der Waals surface area (Å²) in [5, 5.41) is 22.1. The topological polar surface area (TPSA) is 108 Å². The number of para-hydroxylation sites is 2. The monoisotopic (exact) mass is 522 g/mol. The summed E-state index contributed by atoms with van der Waals surface area (Å²) < 4.78 is 1.89. The predicted octanol–water partition coefficient (Wildman–Crippen LogP) is 5.89. The van der Waals surface area contributed by atoms with Crippen LogP contribution in [0.1, 0.15) is 114 Å². The van der Waals surface area contributed by atoms with Gasteiger partial charge in [-0.1, -0.05) is 68.7 Å². The first kappa shape index (κ1) is 26.9. The third-order valence-electron chi connectivity index (χ3n) is 9.13. The summed E-state index contributed by atoms with van der Waals surface area (Å²) in [5.41, 5.74) is 1.28. The number of hydrogen-bond donors (Lipinski definition) is 2. The zero-order chi connectivity index (χ0) is 26.5. The molecule has 1 aromatic carbocycles. The van der Waals surface area contributed by atoms with Crippen molar-refractivity contribution in [2.24, 2.45) is 5.16 Å². The minimum Gasteiger partial charge on any atom is -0.481 e. The second-order valence-electron chi connectivity index (χ2n) is 11.6. The summed E-state index contributed by atoms with van der Waals surface area (Å²) in [5.74, 6) is -1.01. The van der Waals surface area contributed by atoms with Gasteiger partial charge in [0.25, 0.3) is 5.56 Å². The fourth-order valence-corrected chi connectivity index (χ4v) is 7.43. The van der Waals surface area contributed by atoms with Crippen LogP contribution in [0.4, 0.5) is 0 Å². The number of aromatic nitrogens is 2. The zero-order valence-electron chi connectivity index (χ0n) is 22.4. The Labute approximate surface area is 224 Å². The number of carboxylic acid groups (broad SMARTS) is 1. The van der Waals surface area contributed by atoms with Gasteiger partial charge in [0.2, 0.25) is 0 Å². The van der Waals surface area contributed by atoms with Crippen molar-refractivity contribution in [1.82, 2.24) is 14.5 Å². The van der Waals surface area contributed by atoms with Gasteiger partial charge in [0.05, 0.1) is 17.5 Å². The Kier molecular flexibility index (Phi) is 8.77. The highest BCUT2D eigenvalue weighted by Gasteiger charge is 2.42. The number of aliphatic carboxylic acids is 1. The molecule has 8 nitrogen and oxygen atoms in total. The standard InChI is InChI=1S/C30H42N4O4/c35-28(36)18-17-26(32-38)29-30(37)34(27-16-9-8-15-25(27)31-29)24-19-22-13-10-14-23(20-24)33(22)21-11-6-4-2-1-3-5-7-12-21/h8-9,15-16,21-24,38H,1-7,10-14,17-20H2,(H,35,36)/b32-26+/t22-,23+,24+. The van der Waals surface area contributed by atoms with Crippen LogP contribution in [0.25, 0.3) is 11.0 Å². The molecule has 38 heavy (non-hydrogen) atoms. The lowest BCUT2D eigenvalue weighted by molar-refractivity contribution is -0.136. The van der Waals surface area contributed by atoms with E-state index in [2.05, 4.69) is 15.0 Å². The Bertz CT molecular complexity index is 1180. The molecule has 2 aromatic rings. The van der Waals surface area contributed by atoms with E-state index in [9.17, 15) is 14.8 Å². The Hall–Kier alpha value is -2.74. The third-order valence-corrected chi connectivity index (χ3v) is 9.13. The van der Waals surface area contributed by atoms with Gasteiger partial charge in [-0.05, 0) is 50.7 Å². The number of piperidine rings is 2. The molecule has 8 heteroatoms. The van der Waals surface area contributed by atoms with E-state index in [4.69, 9.17) is 5.11 Å². The highest BCUT2D eigenvalue weighted by atomic mass is 16.4. The summed E-state index contributed by atoms with van der Waals surface area (Å²) in [6, 6.07) is 9.27. The molecule has 2 saturated heterocycles. The van der Waals surface area contributed by atoms with E-state index in [1.54, 1.807) is 0 Å². The zero-order valence-corrected chi connectivity index (χ0v) is 22.4. The van der Waals surface area contributed by atoms with Crippen molar-refractivity contribution in [2.45, 2.75) is 127 Å². The van der Waals surface area contributed by atoms with Crippen molar-refractivity contribution in [3.05, 3.63) is 40.3 Å². The molecule has 0 unspecified atom stereocenters. The maximum Gasteiger partial charge on any atom is 0.303 e. The van der Waals surface area contributed by atoms with Crippen molar-refractivity contribution in [1.29, 1.82) is 0 Å². The summed E-state index contributed by atoms with van der Waals surface area (Å²) in [6.07, 6.45) is 17.2. The smallest absolute Gasteiger partial charge is 0.303 e. The molecule has 206 valence electrons. The molecular formula is C30H42N4O4. The average Bonchev–Trinajstić information content (AvgIpc) is 2.91. The van der Waals surface area contributed by atoms with Crippen molar-refractivity contribution in [3.8, 4) is 0 Å². The summed E-state index contributed by atoms with van der Waals surface area (Å²) in [4.78, 5) is 32.5. The molecule has 3 aliphatic rings. The summed E-state index contributed by atoms with van der Waals surface area (Å²) in [7, 11) is 0. The Balaban J connectivity index is 1.47. The minimum absolute atomic E-state index is 0.0380. The first-order valence-electron chi connectivity index (χ1n) is 14.8. The molecule has 2 aliphatic heterocycles. The second kappa shape index (κ2) is 12.4. The van der Waals surface area contributed by atoms with Crippen LogP contribution in [-0.2, 0) is 4.79 Å². The molecule has 3 fully saturated rings. The van der Waals surface area contributed by atoms with Gasteiger partial charge >= 0.3 is 5.97 Å². The molecule has 2 bridgehead atoms. The fraction of sp³-hybridized carbons (Fsp3) is 0.667. The fourth-order valence-electron chi connectivity index (χ4n) is 7.43. The van der Waals surface area contributed by atoms with Crippen molar-refractivity contribution >= 4 is 22.7 Å². The number of carbonyl (C=O) groups is 1. The van der Waals surface area contributed by atoms with E-state index < -0.39 is 5.97 Å². The summed E-state index contributed by atoms with van der Waals surface area (Å²) in [6.45, 7) is 0. The maximum atomic E-state index is 13.9. The van der Waals surface area contributed by atoms with Crippen LogP contribution < -0.4 is 5.56 Å². The minimum atomic E-state index is -1.01. The van der Waals surface area contributed by atoms with Crippen LogP contribution in [0.5, 0.6) is 0 Å². The van der Waals surface area contributed by atoms with Crippen LogP contribution in [0.2, 0.25) is 0 Å². The SMILES string of the molecule is O=C(O)CC/C(=N\O)c1nc2ccccc2n([C@H]2C[C@H]3CCC[C@@H](C2)N3C2CCCCCCCCC2)c1=O. The van der Waals surface area contributed by atoms with Crippen LogP contribution >= 0.6 is 0 Å². The number of nitrogens with zero attached hydrogens (tertiary/aromatic N) is 4. The Morgan fingerprint density at radius 3 is 2.08 bits per heavy atom. The second-order valence-corrected chi connectivity index (χ2v) is 11.6. The molecule has 1 saturated carbocycles. The first-order chi connectivity index (χ1) is 18.6. The Morgan fingerprint density at radius 2 is 1.45 bits per heavy atom. The largest absolute Gasteiger partial charge is 0.481 e. The van der Waals surface area contributed by atoms with Crippen LogP contribution in [0.15, 0.2) is 34.2 Å². The van der Waals surface area contributed by atoms with Crippen LogP contribution in [-0.4, -0.2) is 54.6 Å². The molecule has 5 rings (SSSR count). The van der Waals surface area contributed by atoms with E-state index in [1.807, 2.05) is 28.8 Å². The molecule has 0 radical (unpaired) electrons. The van der Waals surface area contributed by atoms with E-state index in [0.29, 0.717) is 23.6 Å². The van der Waals surface area contributed by atoms with Gasteiger partial charge in [0.1, 0.15) is 5.71 Å². The van der Waals surface area contributed by atoms with Gasteiger partial charge in [-0.25, -0.2) is 4.98 Å². The first-order valence-corrected chi connectivity index (χ1v) is 14.8. The van der Waals surface area contributed by atoms with Crippen molar-refractivity contribution < 1.29 is 15.1 Å². The number of rotatable bonds is 6. The van der Waals surface area contributed by atoms with Gasteiger partial charge in [-0.3, -0.25) is 14.5 Å². The highest BCUT2D eigenvalue weighted by Crippen LogP contribution is 2.42. The molecule has 3 atom stereocenters. The van der Waals surface area contributed by atoms with Crippen LogP contribution in [0, 0.1) is 0 Å². The highest BCUT2D eigenvalue weighted by molar-refractivity contribution is 6.00. The molecule has 0 amide bonds. The number of fused-ring (bicyclic) bond motifs is 3. The lowest BCUT2D eigenvalue weighted by atomic mass is 9.79. The van der Waals surface area contributed by atoms with Gasteiger partial charge in [-0.2, -0.15) is 0 Å². The lowest BCUT2D eigenvalue weighted by Crippen LogP contribution is -2.57. The molecule has 3 heterocycles. The molecule has 2 N–H and O–H groups in total. The molecule has 1 aromatic heterocycles. The average molecular weight is 523 g/mol. The van der Waals surface area contributed by atoms with E-state index in [-0.39, 0.29) is 35.8 Å². The summed E-state index contributed by atoms with van der Waals surface area (Å²) >= 11 is 0. The lowest BCUT2D eigenvalue weighted by Gasteiger charge is -2.53. The number of benzene rings is 1. The molecule has 0 spiro atoms. The van der Waals surface area contributed by atoms with E-state index >= 15 is 0 Å². The maximum absolute atomic E-state index is 13.9. The predicted molar refractivity (Wildman–Crippen MR) is 148 cm³/mol. The van der Waals surface area contributed by atoms with Gasteiger partial charge < -0.3 is 14.9 Å². The molecular weight excluding hydrogens is 480 g/mol. The normalized spacial score (nSPS) is 26.3. The van der Waals surface area contributed by atoms with Gasteiger partial charge in [0, 0.05) is 30.6 Å². The van der Waals surface area contributed by atoms with Gasteiger partial charge in [-0.15, -0.1) is 0 Å². The molecule has 1 aliphatic carbocycles. The van der Waals surface area contributed by atoms with Crippen molar-refractivity contribution in [2.75, 3.05) is 0 Å². The van der Waals surface area contributed by atoms with E-state index in [0.717, 1.165) is 18.4 Å². The van der Waals surface area contributed by atoms with Crippen LogP contribution in [0.3, 0.4) is 0 Å². The number of hydrogen-bond acceptors (Lipinski definition) is 6. The number of carboxylic acids is 1. The van der Waals surface area contributed by atoms with E-state index in [1.165, 1.54) is 77.0 Å². The number of oxime groups is 1. The quantitative estimate of drug-likeness (QED) is 0.278. The van der Waals surface area contributed by atoms with Crippen molar-refractivity contribution in [3.63, 3.8) is 0 Å². The third kappa shape index (κ3) is 5.80.